The number of phenols is 1. The van der Waals surface area contributed by atoms with Gasteiger partial charge in [-0.2, -0.15) is 0 Å². The van der Waals surface area contributed by atoms with Gasteiger partial charge in [0.25, 0.3) is 0 Å². The van der Waals surface area contributed by atoms with Crippen LogP contribution >= 0.6 is 11.3 Å². The van der Waals surface area contributed by atoms with Crippen LogP contribution in [0.4, 0.5) is 17.1 Å². The molecular weight excluding hydrogens is 398 g/mol. The molecule has 0 aliphatic carbocycles. The SMILES string of the molecule is Oc1ccc(-c2ccc(-c3ccc(N(c4ccccc4)c4ccccc4)cc3)s2)cc1. The van der Waals surface area contributed by atoms with E-state index in [1.807, 2.05) is 24.3 Å². The third-order valence-electron chi connectivity index (χ3n) is 5.20. The zero-order chi connectivity index (χ0) is 21.0. The van der Waals surface area contributed by atoms with E-state index in [4.69, 9.17) is 0 Å². The first-order valence-corrected chi connectivity index (χ1v) is 11.0. The molecule has 2 nitrogen and oxygen atoms in total. The third kappa shape index (κ3) is 4.09. The lowest BCUT2D eigenvalue weighted by molar-refractivity contribution is 0.475. The van der Waals surface area contributed by atoms with E-state index in [-0.39, 0.29) is 5.75 Å². The first-order valence-electron chi connectivity index (χ1n) is 10.2. The molecule has 0 spiro atoms. The topological polar surface area (TPSA) is 23.5 Å². The molecule has 5 rings (SSSR count). The molecule has 0 aliphatic rings. The zero-order valence-electron chi connectivity index (χ0n) is 16.8. The van der Waals surface area contributed by atoms with E-state index < -0.39 is 0 Å². The maximum atomic E-state index is 9.52. The van der Waals surface area contributed by atoms with E-state index >= 15 is 0 Å². The number of rotatable bonds is 5. The fourth-order valence-corrected chi connectivity index (χ4v) is 4.67. The van der Waals surface area contributed by atoms with Gasteiger partial charge in [0.2, 0.25) is 0 Å². The van der Waals surface area contributed by atoms with Gasteiger partial charge in [0.1, 0.15) is 5.75 Å². The summed E-state index contributed by atoms with van der Waals surface area (Å²) in [6.45, 7) is 0. The summed E-state index contributed by atoms with van der Waals surface area (Å²) in [5.41, 5.74) is 5.70. The van der Waals surface area contributed by atoms with E-state index in [0.717, 1.165) is 22.6 Å². The van der Waals surface area contributed by atoms with Crippen LogP contribution in [0.2, 0.25) is 0 Å². The van der Waals surface area contributed by atoms with Gasteiger partial charge in [-0.05, 0) is 83.9 Å². The Morgan fingerprint density at radius 3 is 1.35 bits per heavy atom. The number of nitrogens with zero attached hydrogens (tertiary/aromatic N) is 1. The number of benzene rings is 4. The molecule has 0 bridgehead atoms. The Hall–Kier alpha value is -3.82. The van der Waals surface area contributed by atoms with Crippen molar-refractivity contribution in [2.45, 2.75) is 0 Å². The number of anilines is 3. The first kappa shape index (κ1) is 19.2. The summed E-state index contributed by atoms with van der Waals surface area (Å²) in [6, 6.07) is 41.2. The molecule has 0 radical (unpaired) electrons. The number of hydrogen-bond donors (Lipinski definition) is 1. The van der Waals surface area contributed by atoms with Crippen LogP contribution < -0.4 is 4.90 Å². The Labute approximate surface area is 186 Å². The Morgan fingerprint density at radius 2 is 0.871 bits per heavy atom. The molecular formula is C28H21NOS. The minimum Gasteiger partial charge on any atom is -0.508 e. The quantitative estimate of drug-likeness (QED) is 0.310. The monoisotopic (exact) mass is 419 g/mol. The van der Waals surface area contributed by atoms with E-state index in [9.17, 15) is 5.11 Å². The maximum absolute atomic E-state index is 9.52. The summed E-state index contributed by atoms with van der Waals surface area (Å²) in [7, 11) is 0. The number of hydrogen-bond acceptors (Lipinski definition) is 3. The van der Waals surface area contributed by atoms with E-state index in [0.29, 0.717) is 0 Å². The lowest BCUT2D eigenvalue weighted by Gasteiger charge is -2.25. The third-order valence-corrected chi connectivity index (χ3v) is 6.38. The molecule has 0 aliphatic heterocycles. The number of phenolic OH excluding ortho intramolecular Hbond substituents is 1. The average molecular weight is 420 g/mol. The van der Waals surface area contributed by atoms with Crippen LogP contribution in [-0.4, -0.2) is 5.11 Å². The largest absolute Gasteiger partial charge is 0.508 e. The smallest absolute Gasteiger partial charge is 0.115 e. The molecule has 1 N–H and O–H groups in total. The molecule has 0 fully saturated rings. The summed E-state index contributed by atoms with van der Waals surface area (Å²) >= 11 is 1.76. The normalized spacial score (nSPS) is 10.7. The summed E-state index contributed by atoms with van der Waals surface area (Å²) in [6.07, 6.45) is 0. The van der Waals surface area contributed by atoms with Crippen molar-refractivity contribution in [3.63, 3.8) is 0 Å². The van der Waals surface area contributed by atoms with Crippen LogP contribution in [0.5, 0.6) is 5.75 Å². The van der Waals surface area contributed by atoms with Crippen molar-refractivity contribution >= 4 is 28.4 Å². The van der Waals surface area contributed by atoms with Crippen LogP contribution in [0.25, 0.3) is 20.9 Å². The minimum atomic E-state index is 0.289. The molecule has 31 heavy (non-hydrogen) atoms. The van der Waals surface area contributed by atoms with Crippen LogP contribution in [0.1, 0.15) is 0 Å². The lowest BCUT2D eigenvalue weighted by Crippen LogP contribution is -2.09. The molecule has 0 saturated heterocycles. The first-order chi connectivity index (χ1) is 15.3. The van der Waals surface area contributed by atoms with Crippen molar-refractivity contribution in [2.24, 2.45) is 0 Å². The fourth-order valence-electron chi connectivity index (χ4n) is 3.65. The predicted molar refractivity (Wildman–Crippen MR) is 132 cm³/mol. The highest BCUT2D eigenvalue weighted by molar-refractivity contribution is 7.18. The van der Waals surface area contributed by atoms with Crippen molar-refractivity contribution in [3.05, 3.63) is 121 Å². The number of thiophene rings is 1. The van der Waals surface area contributed by atoms with Gasteiger partial charge in [0.05, 0.1) is 0 Å². The highest BCUT2D eigenvalue weighted by Gasteiger charge is 2.12. The molecule has 3 heteroatoms. The molecule has 0 amide bonds. The van der Waals surface area contributed by atoms with Crippen molar-refractivity contribution in [1.82, 2.24) is 0 Å². The van der Waals surface area contributed by atoms with Gasteiger partial charge in [0, 0.05) is 26.8 Å². The predicted octanol–water partition coefficient (Wildman–Crippen LogP) is 8.26. The summed E-state index contributed by atoms with van der Waals surface area (Å²) in [4.78, 5) is 4.68. The highest BCUT2D eigenvalue weighted by Crippen LogP contribution is 2.38. The summed E-state index contributed by atoms with van der Waals surface area (Å²) in [5.74, 6) is 0.289. The second kappa shape index (κ2) is 8.50. The Balaban J connectivity index is 1.47. The molecule has 1 aromatic heterocycles. The molecule has 5 aromatic rings. The maximum Gasteiger partial charge on any atom is 0.115 e. The average Bonchev–Trinajstić information content (AvgIpc) is 3.32. The van der Waals surface area contributed by atoms with Crippen LogP contribution in [0, 0.1) is 0 Å². The van der Waals surface area contributed by atoms with Gasteiger partial charge in [-0.25, -0.2) is 0 Å². The molecule has 0 atom stereocenters. The van der Waals surface area contributed by atoms with Gasteiger partial charge >= 0.3 is 0 Å². The van der Waals surface area contributed by atoms with Gasteiger partial charge in [-0.3, -0.25) is 0 Å². The minimum absolute atomic E-state index is 0.289. The number of para-hydroxylation sites is 2. The van der Waals surface area contributed by atoms with Gasteiger partial charge in [0.15, 0.2) is 0 Å². The van der Waals surface area contributed by atoms with E-state index in [2.05, 4.69) is 89.8 Å². The van der Waals surface area contributed by atoms with Crippen LogP contribution in [0.15, 0.2) is 121 Å². The summed E-state index contributed by atoms with van der Waals surface area (Å²) < 4.78 is 0. The van der Waals surface area contributed by atoms with E-state index in [1.54, 1.807) is 23.5 Å². The molecule has 0 unspecified atom stereocenters. The lowest BCUT2D eigenvalue weighted by atomic mass is 10.1. The van der Waals surface area contributed by atoms with Gasteiger partial charge < -0.3 is 10.0 Å². The Kier molecular flexibility index (Phi) is 5.26. The van der Waals surface area contributed by atoms with Gasteiger partial charge in [-0.1, -0.05) is 48.5 Å². The molecule has 0 saturated carbocycles. The summed E-state index contributed by atoms with van der Waals surface area (Å²) in [5, 5.41) is 9.52. The van der Waals surface area contributed by atoms with Crippen molar-refractivity contribution in [1.29, 1.82) is 0 Å². The Bertz CT molecular complexity index is 1220. The molecule has 4 aromatic carbocycles. The standard InChI is InChI=1S/C28H21NOS/c30-26-17-13-22(14-18-26)28-20-19-27(31-28)21-11-15-25(16-12-21)29(23-7-3-1-4-8-23)24-9-5-2-6-10-24/h1-20,30H. The van der Waals surface area contributed by atoms with Crippen molar-refractivity contribution < 1.29 is 5.11 Å². The Morgan fingerprint density at radius 1 is 0.452 bits per heavy atom. The second-order valence-corrected chi connectivity index (χ2v) is 8.35. The van der Waals surface area contributed by atoms with Crippen LogP contribution in [0.3, 0.4) is 0 Å². The molecule has 150 valence electrons. The zero-order valence-corrected chi connectivity index (χ0v) is 17.7. The molecule has 1 heterocycles. The van der Waals surface area contributed by atoms with E-state index in [1.165, 1.54) is 15.3 Å². The van der Waals surface area contributed by atoms with Crippen molar-refractivity contribution in [2.75, 3.05) is 4.90 Å². The highest BCUT2D eigenvalue weighted by atomic mass is 32.1. The second-order valence-electron chi connectivity index (χ2n) is 7.26. The fraction of sp³-hybridized carbons (Fsp3) is 0. The van der Waals surface area contributed by atoms with Crippen LogP contribution in [-0.2, 0) is 0 Å². The van der Waals surface area contributed by atoms with Gasteiger partial charge in [-0.15, -0.1) is 11.3 Å². The van der Waals surface area contributed by atoms with Crippen molar-refractivity contribution in [3.8, 4) is 26.6 Å². The number of aromatic hydroxyl groups is 1.